The summed E-state index contributed by atoms with van der Waals surface area (Å²) in [6.45, 7) is 0.591. The Bertz CT molecular complexity index is 678. The number of sulfonamides is 1. The van der Waals surface area contributed by atoms with E-state index in [1.54, 1.807) is 23.9 Å². The van der Waals surface area contributed by atoms with E-state index < -0.39 is 10.0 Å². The summed E-state index contributed by atoms with van der Waals surface area (Å²) >= 11 is 1.72. The summed E-state index contributed by atoms with van der Waals surface area (Å²) in [4.78, 5) is 0. The first kappa shape index (κ1) is 15.8. The molecule has 0 radical (unpaired) electrons. The predicted molar refractivity (Wildman–Crippen MR) is 88.2 cm³/mol. The lowest BCUT2D eigenvalue weighted by Crippen LogP contribution is -2.09. The number of hydrogen-bond acceptors (Lipinski definition) is 5. The highest BCUT2D eigenvalue weighted by molar-refractivity contribution is 7.97. The minimum atomic E-state index is -3.24. The molecule has 1 aromatic heterocycles. The first-order valence-corrected chi connectivity index (χ1v) is 9.63. The molecule has 0 bridgehead atoms. The van der Waals surface area contributed by atoms with E-state index in [9.17, 15) is 8.42 Å². The van der Waals surface area contributed by atoms with Gasteiger partial charge in [-0.1, -0.05) is 0 Å². The predicted octanol–water partition coefficient (Wildman–Crippen LogP) is 3.13. The fourth-order valence-electron chi connectivity index (χ4n) is 1.80. The molecular formula is C14H18N2O3S2. The zero-order valence-electron chi connectivity index (χ0n) is 11.9. The van der Waals surface area contributed by atoms with Crippen LogP contribution in [0.5, 0.6) is 0 Å². The number of thioether (sulfide) groups is 1. The Morgan fingerprint density at radius 3 is 2.29 bits per heavy atom. The van der Waals surface area contributed by atoms with Crippen LogP contribution in [-0.2, 0) is 22.3 Å². The van der Waals surface area contributed by atoms with E-state index >= 15 is 0 Å². The first-order valence-electron chi connectivity index (χ1n) is 6.34. The Hall–Kier alpha value is -1.60. The standard InChI is InChI=1S/C14H18N2O3S2/c1-20-10-14-8-7-13(19-14)9-15-11-3-5-12(6-4-11)16-21(2,17)18/h3-8,15-16H,9-10H2,1-2H3. The molecule has 0 saturated heterocycles. The maximum atomic E-state index is 11.1. The van der Waals surface area contributed by atoms with Crippen molar-refractivity contribution in [3.05, 3.63) is 47.9 Å². The Kier molecular flexibility index (Phi) is 5.19. The van der Waals surface area contributed by atoms with Gasteiger partial charge in [0.05, 0.1) is 18.6 Å². The zero-order chi connectivity index (χ0) is 15.3. The summed E-state index contributed by atoms with van der Waals surface area (Å²) in [6, 6.07) is 11.0. The van der Waals surface area contributed by atoms with Crippen molar-refractivity contribution in [2.24, 2.45) is 0 Å². The van der Waals surface area contributed by atoms with Crippen LogP contribution in [0, 0.1) is 0 Å². The fraction of sp³-hybridized carbons (Fsp3) is 0.286. The average molecular weight is 326 g/mol. The van der Waals surface area contributed by atoms with Crippen LogP contribution < -0.4 is 10.0 Å². The first-order chi connectivity index (χ1) is 9.96. The number of nitrogens with one attached hydrogen (secondary N) is 2. The van der Waals surface area contributed by atoms with E-state index in [0.29, 0.717) is 12.2 Å². The van der Waals surface area contributed by atoms with Gasteiger partial charge >= 0.3 is 0 Å². The molecule has 114 valence electrons. The minimum absolute atomic E-state index is 0.545. The smallest absolute Gasteiger partial charge is 0.229 e. The van der Waals surface area contributed by atoms with E-state index in [-0.39, 0.29) is 0 Å². The highest BCUT2D eigenvalue weighted by atomic mass is 32.2. The maximum Gasteiger partial charge on any atom is 0.229 e. The van der Waals surface area contributed by atoms with Crippen LogP contribution in [0.1, 0.15) is 11.5 Å². The van der Waals surface area contributed by atoms with E-state index in [4.69, 9.17) is 4.42 Å². The summed E-state index contributed by atoms with van der Waals surface area (Å²) in [5, 5.41) is 3.23. The van der Waals surface area contributed by atoms with E-state index in [1.165, 1.54) is 0 Å². The van der Waals surface area contributed by atoms with Gasteiger partial charge < -0.3 is 9.73 Å². The molecule has 21 heavy (non-hydrogen) atoms. The normalized spacial score (nSPS) is 11.3. The third-order valence-electron chi connectivity index (χ3n) is 2.66. The van der Waals surface area contributed by atoms with Gasteiger partial charge in [-0.3, -0.25) is 4.72 Å². The lowest BCUT2D eigenvalue weighted by Gasteiger charge is -2.07. The van der Waals surface area contributed by atoms with Crippen LogP contribution in [0.4, 0.5) is 11.4 Å². The molecule has 0 saturated carbocycles. The molecule has 0 aliphatic heterocycles. The largest absolute Gasteiger partial charge is 0.463 e. The SMILES string of the molecule is CSCc1ccc(CNc2ccc(NS(C)(=O)=O)cc2)o1. The molecule has 5 nitrogen and oxygen atoms in total. The molecule has 0 fully saturated rings. The summed E-state index contributed by atoms with van der Waals surface area (Å²) in [5.74, 6) is 2.70. The quantitative estimate of drug-likeness (QED) is 0.818. The molecule has 2 N–H and O–H groups in total. The number of anilines is 2. The molecule has 0 spiro atoms. The topological polar surface area (TPSA) is 71.3 Å². The Labute approximate surface area is 129 Å². The van der Waals surface area contributed by atoms with E-state index in [2.05, 4.69) is 10.0 Å². The van der Waals surface area contributed by atoms with Gasteiger partial charge in [0.2, 0.25) is 10.0 Å². The number of rotatable bonds is 7. The lowest BCUT2D eigenvalue weighted by molar-refractivity contribution is 0.487. The van der Waals surface area contributed by atoms with Crippen LogP contribution in [0.15, 0.2) is 40.8 Å². The fourth-order valence-corrected chi connectivity index (χ4v) is 2.80. The van der Waals surface area contributed by atoms with Crippen molar-refractivity contribution in [2.45, 2.75) is 12.3 Å². The molecule has 1 aromatic carbocycles. The van der Waals surface area contributed by atoms with Gasteiger partial charge in [0.25, 0.3) is 0 Å². The van der Waals surface area contributed by atoms with Gasteiger partial charge in [-0.25, -0.2) is 8.42 Å². The molecule has 1 heterocycles. The van der Waals surface area contributed by atoms with Gasteiger partial charge in [-0.15, -0.1) is 0 Å². The Morgan fingerprint density at radius 2 is 1.67 bits per heavy atom. The minimum Gasteiger partial charge on any atom is -0.463 e. The summed E-state index contributed by atoms with van der Waals surface area (Å²) in [7, 11) is -3.24. The summed E-state index contributed by atoms with van der Waals surface area (Å²) in [5.41, 5.74) is 1.44. The van der Waals surface area contributed by atoms with Gasteiger partial charge in [0.1, 0.15) is 11.5 Å². The lowest BCUT2D eigenvalue weighted by atomic mass is 10.3. The molecule has 2 rings (SSSR count). The highest BCUT2D eigenvalue weighted by Crippen LogP contribution is 2.17. The third-order valence-corrected chi connectivity index (χ3v) is 3.84. The second kappa shape index (κ2) is 6.91. The summed E-state index contributed by atoms with van der Waals surface area (Å²) in [6.07, 6.45) is 3.16. The average Bonchev–Trinajstić information content (AvgIpc) is 2.84. The van der Waals surface area contributed by atoms with Crippen LogP contribution in [0.3, 0.4) is 0 Å². The highest BCUT2D eigenvalue weighted by Gasteiger charge is 2.03. The second-order valence-corrected chi connectivity index (χ2v) is 7.22. The van der Waals surface area contributed by atoms with Gasteiger partial charge in [0, 0.05) is 11.4 Å². The van der Waals surface area contributed by atoms with Crippen molar-refractivity contribution in [3.8, 4) is 0 Å². The van der Waals surface area contributed by atoms with Crippen molar-refractivity contribution < 1.29 is 12.8 Å². The van der Waals surface area contributed by atoms with Crippen molar-refractivity contribution in [2.75, 3.05) is 22.6 Å². The summed E-state index contributed by atoms with van der Waals surface area (Å²) < 4.78 is 30.3. The van der Waals surface area contributed by atoms with Crippen molar-refractivity contribution >= 4 is 33.2 Å². The van der Waals surface area contributed by atoms with Crippen LogP contribution >= 0.6 is 11.8 Å². The van der Waals surface area contributed by atoms with Crippen molar-refractivity contribution in [1.82, 2.24) is 0 Å². The van der Waals surface area contributed by atoms with Crippen molar-refractivity contribution in [3.63, 3.8) is 0 Å². The Balaban J connectivity index is 1.91. The number of furan rings is 1. The molecule has 0 aliphatic carbocycles. The molecule has 0 aliphatic rings. The van der Waals surface area contributed by atoms with Gasteiger partial charge in [-0.2, -0.15) is 11.8 Å². The van der Waals surface area contributed by atoms with Crippen molar-refractivity contribution in [1.29, 1.82) is 0 Å². The third kappa shape index (κ3) is 5.35. The zero-order valence-corrected chi connectivity index (χ0v) is 13.6. The van der Waals surface area contributed by atoms with Crippen LogP contribution in [-0.4, -0.2) is 20.9 Å². The van der Waals surface area contributed by atoms with E-state index in [1.807, 2.05) is 30.5 Å². The Morgan fingerprint density at radius 1 is 1.05 bits per heavy atom. The molecule has 2 aromatic rings. The van der Waals surface area contributed by atoms with Crippen LogP contribution in [0.2, 0.25) is 0 Å². The molecule has 0 amide bonds. The molecule has 7 heteroatoms. The van der Waals surface area contributed by atoms with Crippen LogP contribution in [0.25, 0.3) is 0 Å². The molecular weight excluding hydrogens is 308 g/mol. The molecule has 0 unspecified atom stereocenters. The number of hydrogen-bond donors (Lipinski definition) is 2. The van der Waals surface area contributed by atoms with E-state index in [0.717, 1.165) is 29.2 Å². The number of benzene rings is 1. The van der Waals surface area contributed by atoms with Gasteiger partial charge in [0.15, 0.2) is 0 Å². The van der Waals surface area contributed by atoms with Gasteiger partial charge in [-0.05, 0) is 42.7 Å². The molecule has 0 atom stereocenters. The monoisotopic (exact) mass is 326 g/mol. The maximum absolute atomic E-state index is 11.1. The second-order valence-electron chi connectivity index (χ2n) is 4.61.